The van der Waals surface area contributed by atoms with Crippen molar-refractivity contribution in [2.75, 3.05) is 0 Å². The van der Waals surface area contributed by atoms with Crippen LogP contribution in [-0.2, 0) is 13.1 Å². The summed E-state index contributed by atoms with van der Waals surface area (Å²) in [6.07, 6.45) is -8.89. The van der Waals surface area contributed by atoms with Crippen LogP contribution in [0.3, 0.4) is 0 Å². The Kier molecular flexibility index (Phi) is 6.98. The molecule has 4 rings (SSSR count). The molecule has 0 aliphatic carbocycles. The highest BCUT2D eigenvalue weighted by Crippen LogP contribution is 2.24. The first kappa shape index (κ1) is 25.5. The van der Waals surface area contributed by atoms with Gasteiger partial charge in [-0.15, -0.1) is 10.2 Å². The van der Waals surface area contributed by atoms with E-state index in [-0.39, 0.29) is 35.3 Å². The molecule has 0 saturated heterocycles. The number of halogens is 5. The molecule has 2 heterocycles. The molecule has 1 unspecified atom stereocenters. The molecule has 2 atom stereocenters. The van der Waals surface area contributed by atoms with E-state index in [1.807, 2.05) is 0 Å². The predicted molar refractivity (Wildman–Crippen MR) is 120 cm³/mol. The monoisotopic (exact) mass is 526 g/mol. The molecule has 0 fully saturated rings. The van der Waals surface area contributed by atoms with Crippen molar-refractivity contribution >= 4 is 11.6 Å². The zero-order chi connectivity index (χ0) is 26.2. The van der Waals surface area contributed by atoms with Crippen LogP contribution in [0.2, 0.25) is 5.02 Å². The Balaban J connectivity index is 1.77. The van der Waals surface area contributed by atoms with Gasteiger partial charge in [-0.1, -0.05) is 17.7 Å². The van der Waals surface area contributed by atoms with Crippen molar-refractivity contribution < 1.29 is 27.8 Å². The summed E-state index contributed by atoms with van der Waals surface area (Å²) in [5, 5.41) is 28.4. The number of benzene rings is 2. The Bertz CT molecular complexity index is 1430. The van der Waals surface area contributed by atoms with Crippen molar-refractivity contribution in [3.63, 3.8) is 0 Å². The summed E-state index contributed by atoms with van der Waals surface area (Å²) in [5.41, 5.74) is -0.408. The van der Waals surface area contributed by atoms with Gasteiger partial charge in [-0.05, 0) is 49.4 Å². The lowest BCUT2D eigenvalue weighted by atomic mass is 10.2. The van der Waals surface area contributed by atoms with Crippen LogP contribution >= 0.6 is 11.6 Å². The SMILES string of the molecule is CC(O)c1nc(Cn2nc(-c3ccc(Cl)cc3)n(C[C@H](O)C(F)(F)F)c2=O)nn1-c1cccc(F)c1. The summed E-state index contributed by atoms with van der Waals surface area (Å²) in [5.74, 6) is -0.651. The summed E-state index contributed by atoms with van der Waals surface area (Å²) in [7, 11) is 0. The fraction of sp³-hybridized carbons (Fsp3) is 0.273. The number of nitrogens with zero attached hydrogens (tertiary/aromatic N) is 6. The average molecular weight is 527 g/mol. The normalized spacial score (nSPS) is 13.7. The zero-order valence-electron chi connectivity index (χ0n) is 18.6. The third-order valence-corrected chi connectivity index (χ3v) is 5.40. The van der Waals surface area contributed by atoms with E-state index in [1.54, 1.807) is 0 Å². The van der Waals surface area contributed by atoms with Crippen molar-refractivity contribution in [2.24, 2.45) is 0 Å². The van der Waals surface area contributed by atoms with Gasteiger partial charge in [0.1, 0.15) is 18.5 Å². The maximum absolute atomic E-state index is 13.7. The fourth-order valence-electron chi connectivity index (χ4n) is 3.44. The summed E-state index contributed by atoms with van der Waals surface area (Å²) in [6, 6.07) is 11.2. The molecule has 0 amide bonds. The van der Waals surface area contributed by atoms with Crippen molar-refractivity contribution in [2.45, 2.75) is 38.4 Å². The molecule has 190 valence electrons. The van der Waals surface area contributed by atoms with E-state index < -0.39 is 36.4 Å². The molecular weight excluding hydrogens is 508 g/mol. The first-order valence-electron chi connectivity index (χ1n) is 10.5. The maximum Gasteiger partial charge on any atom is 0.416 e. The number of alkyl halides is 3. The van der Waals surface area contributed by atoms with E-state index in [1.165, 1.54) is 60.1 Å². The smallest absolute Gasteiger partial charge is 0.385 e. The molecule has 2 N–H and O–H groups in total. The lowest BCUT2D eigenvalue weighted by molar-refractivity contribution is -0.207. The minimum atomic E-state index is -4.96. The Labute approximate surface area is 205 Å². The molecule has 4 aromatic rings. The van der Waals surface area contributed by atoms with E-state index in [4.69, 9.17) is 11.6 Å². The topological polar surface area (TPSA) is 111 Å². The molecule has 2 aromatic carbocycles. The largest absolute Gasteiger partial charge is 0.416 e. The predicted octanol–water partition coefficient (Wildman–Crippen LogP) is 3.11. The van der Waals surface area contributed by atoms with Crippen LogP contribution in [0.5, 0.6) is 0 Å². The van der Waals surface area contributed by atoms with Gasteiger partial charge in [-0.25, -0.2) is 23.5 Å². The third kappa shape index (κ3) is 5.32. The first-order chi connectivity index (χ1) is 16.9. The molecule has 0 aliphatic rings. The van der Waals surface area contributed by atoms with Crippen molar-refractivity contribution in [1.82, 2.24) is 29.1 Å². The highest BCUT2D eigenvalue weighted by atomic mass is 35.5. The number of hydrogen-bond acceptors (Lipinski definition) is 6. The molecule has 2 aromatic heterocycles. The van der Waals surface area contributed by atoms with E-state index in [0.717, 1.165) is 4.68 Å². The van der Waals surface area contributed by atoms with Crippen LogP contribution in [0, 0.1) is 5.82 Å². The fourth-order valence-corrected chi connectivity index (χ4v) is 3.56. The number of aliphatic hydroxyl groups is 2. The van der Waals surface area contributed by atoms with E-state index in [9.17, 15) is 32.6 Å². The molecule has 0 saturated carbocycles. The number of rotatable bonds is 7. The van der Waals surface area contributed by atoms with Crippen LogP contribution in [-0.4, -0.2) is 51.6 Å². The van der Waals surface area contributed by atoms with E-state index in [2.05, 4.69) is 15.2 Å². The Morgan fingerprint density at radius 1 is 1.08 bits per heavy atom. The van der Waals surface area contributed by atoms with Crippen LogP contribution < -0.4 is 5.69 Å². The van der Waals surface area contributed by atoms with Gasteiger partial charge >= 0.3 is 11.9 Å². The molecule has 9 nitrogen and oxygen atoms in total. The molecule has 0 radical (unpaired) electrons. The molecular formula is C22H19ClF4N6O3. The van der Waals surface area contributed by atoms with Crippen LogP contribution in [0.15, 0.2) is 53.3 Å². The minimum absolute atomic E-state index is 0.0130. The van der Waals surface area contributed by atoms with E-state index >= 15 is 0 Å². The van der Waals surface area contributed by atoms with Crippen molar-refractivity contribution in [3.8, 4) is 17.1 Å². The highest BCUT2D eigenvalue weighted by Gasteiger charge is 2.39. The number of aromatic nitrogens is 6. The minimum Gasteiger partial charge on any atom is -0.385 e. The van der Waals surface area contributed by atoms with Crippen LogP contribution in [0.4, 0.5) is 17.6 Å². The van der Waals surface area contributed by atoms with Gasteiger partial charge in [0.15, 0.2) is 23.6 Å². The molecule has 0 spiro atoms. The second kappa shape index (κ2) is 9.84. The summed E-state index contributed by atoms with van der Waals surface area (Å²) in [4.78, 5) is 17.2. The highest BCUT2D eigenvalue weighted by molar-refractivity contribution is 6.30. The maximum atomic E-state index is 13.7. The Morgan fingerprint density at radius 3 is 2.39 bits per heavy atom. The average Bonchev–Trinajstić information content (AvgIpc) is 3.36. The Hall–Kier alpha value is -3.55. The van der Waals surface area contributed by atoms with Gasteiger partial charge in [0.25, 0.3) is 0 Å². The van der Waals surface area contributed by atoms with Crippen LogP contribution in [0.25, 0.3) is 17.1 Å². The second-order valence-electron chi connectivity index (χ2n) is 7.89. The third-order valence-electron chi connectivity index (χ3n) is 5.15. The summed E-state index contributed by atoms with van der Waals surface area (Å²) in [6.45, 7) is -0.0530. The lowest BCUT2D eigenvalue weighted by Gasteiger charge is -2.15. The molecule has 36 heavy (non-hydrogen) atoms. The van der Waals surface area contributed by atoms with Crippen molar-refractivity contribution in [1.29, 1.82) is 0 Å². The molecule has 0 aliphatic heterocycles. The summed E-state index contributed by atoms with van der Waals surface area (Å²) < 4.78 is 55.6. The van der Waals surface area contributed by atoms with Crippen molar-refractivity contribution in [3.05, 3.63) is 81.5 Å². The number of hydrogen-bond donors (Lipinski definition) is 2. The number of aliphatic hydroxyl groups excluding tert-OH is 2. The zero-order valence-corrected chi connectivity index (χ0v) is 19.3. The van der Waals surface area contributed by atoms with Gasteiger partial charge in [0, 0.05) is 10.6 Å². The first-order valence-corrected chi connectivity index (χ1v) is 10.9. The van der Waals surface area contributed by atoms with Gasteiger partial charge < -0.3 is 10.2 Å². The molecule has 0 bridgehead atoms. The van der Waals surface area contributed by atoms with Gasteiger partial charge in [0.2, 0.25) is 0 Å². The summed E-state index contributed by atoms with van der Waals surface area (Å²) >= 11 is 5.88. The molecule has 14 heteroatoms. The second-order valence-corrected chi connectivity index (χ2v) is 8.33. The Morgan fingerprint density at radius 2 is 1.78 bits per heavy atom. The van der Waals surface area contributed by atoms with Gasteiger partial charge in [-0.2, -0.15) is 13.2 Å². The standard InChI is InChI=1S/C22H19ClF4N6O3/c1-12(34)19-28-18(29-33(19)16-4-2-3-15(24)9-16)11-32-21(36)31(10-17(35)22(25,26)27)20(30-32)13-5-7-14(23)8-6-13/h2-9,12,17,34-35H,10-11H2,1H3/t12?,17-/m0/s1. The van der Waals surface area contributed by atoms with Gasteiger partial charge in [0.05, 0.1) is 12.2 Å². The lowest BCUT2D eigenvalue weighted by Crippen LogP contribution is -2.37. The quantitative estimate of drug-likeness (QED) is 0.358. The van der Waals surface area contributed by atoms with E-state index in [0.29, 0.717) is 9.59 Å². The van der Waals surface area contributed by atoms with Crippen LogP contribution in [0.1, 0.15) is 24.7 Å². The van der Waals surface area contributed by atoms with Gasteiger partial charge in [-0.3, -0.25) is 4.57 Å².